The fourth-order valence-corrected chi connectivity index (χ4v) is 5.73. The minimum atomic E-state index is -0.787. The van der Waals surface area contributed by atoms with E-state index in [-0.39, 0.29) is 29.8 Å². The van der Waals surface area contributed by atoms with Gasteiger partial charge in [0.15, 0.2) is 12.1 Å². The van der Waals surface area contributed by atoms with Gasteiger partial charge in [0.1, 0.15) is 6.10 Å². The van der Waals surface area contributed by atoms with Crippen LogP contribution in [0.2, 0.25) is 0 Å². The maximum Gasteiger partial charge on any atom is 0.302 e. The molecule has 1 heterocycles. The van der Waals surface area contributed by atoms with Crippen molar-refractivity contribution in [3.8, 4) is 0 Å². The van der Waals surface area contributed by atoms with Crippen LogP contribution in [0.4, 0.5) is 0 Å². The van der Waals surface area contributed by atoms with E-state index >= 15 is 0 Å². The molecule has 0 aromatic rings. The third-order valence-corrected chi connectivity index (χ3v) is 6.94. The summed E-state index contributed by atoms with van der Waals surface area (Å²) in [5.74, 6) is -0.0620. The molecule has 0 unspecified atom stereocenters. The number of methoxy groups -OCH3 is 2. The maximum absolute atomic E-state index is 11.8. The second-order valence-corrected chi connectivity index (χ2v) is 9.00. The minimum absolute atomic E-state index is 0.0173. The van der Waals surface area contributed by atoms with Crippen LogP contribution < -0.4 is 0 Å². The number of carbonyl (C=O) groups excluding carboxylic acids is 1. The lowest BCUT2D eigenvalue weighted by Gasteiger charge is -2.50. The Morgan fingerprint density at radius 1 is 1.17 bits per heavy atom. The number of hydrogen-bond donors (Lipinski definition) is 0. The van der Waals surface area contributed by atoms with Gasteiger partial charge in [-0.3, -0.25) is 4.79 Å². The average Bonchev–Trinajstić information content (AvgIpc) is 3.19. The van der Waals surface area contributed by atoms with Crippen molar-refractivity contribution in [3.05, 3.63) is 35.5 Å². The van der Waals surface area contributed by atoms with Gasteiger partial charge in [-0.1, -0.05) is 36.3 Å². The van der Waals surface area contributed by atoms with Crippen LogP contribution in [0.15, 0.2) is 35.5 Å². The molecule has 1 aliphatic heterocycles. The molecule has 3 aliphatic rings. The number of allylic oxidation sites excluding steroid dienone is 5. The molecule has 5 nitrogen and oxygen atoms in total. The van der Waals surface area contributed by atoms with E-state index in [1.54, 1.807) is 14.2 Å². The normalized spacial score (nSPS) is 41.1. The molecule has 3 rings (SSSR count). The smallest absolute Gasteiger partial charge is 0.302 e. The van der Waals surface area contributed by atoms with Crippen molar-refractivity contribution in [2.24, 2.45) is 29.6 Å². The summed E-state index contributed by atoms with van der Waals surface area (Å²) in [6.45, 7) is 10.1. The van der Waals surface area contributed by atoms with Gasteiger partial charge in [-0.25, -0.2) is 0 Å². The molecule has 5 heteroatoms. The van der Waals surface area contributed by atoms with Crippen LogP contribution in [0.1, 0.15) is 47.5 Å². The zero-order valence-corrected chi connectivity index (χ0v) is 18.8. The molecule has 0 spiro atoms. The second kappa shape index (κ2) is 8.75. The standard InChI is InChI=1S/C24H36O5/c1-14(2)9-8-10-15(3)18-13-19(28-17(5)25)21-20(18)22-16(4)11-12-24(22,27-7)29-23(21)26-6/h9-12,16,18-23H,8,13H2,1-7H3/b15-10-/t16-,18+,19-,20-,21-,22+,23-,24+/m1/s1. The summed E-state index contributed by atoms with van der Waals surface area (Å²) in [6, 6.07) is 0. The first-order valence-corrected chi connectivity index (χ1v) is 10.7. The summed E-state index contributed by atoms with van der Waals surface area (Å²) >= 11 is 0. The number of esters is 1. The zero-order valence-electron chi connectivity index (χ0n) is 18.8. The number of fused-ring (bicyclic) bond motifs is 3. The van der Waals surface area contributed by atoms with Gasteiger partial charge in [0.05, 0.1) is 5.92 Å². The Labute approximate surface area is 175 Å². The first-order chi connectivity index (χ1) is 13.7. The summed E-state index contributed by atoms with van der Waals surface area (Å²) < 4.78 is 23.9. The molecular formula is C24H36O5. The molecule has 2 fully saturated rings. The molecule has 0 aromatic carbocycles. The molecule has 0 aromatic heterocycles. The van der Waals surface area contributed by atoms with Crippen molar-refractivity contribution in [1.29, 1.82) is 0 Å². The van der Waals surface area contributed by atoms with Crippen molar-refractivity contribution < 1.29 is 23.7 Å². The van der Waals surface area contributed by atoms with Gasteiger partial charge < -0.3 is 18.9 Å². The monoisotopic (exact) mass is 404 g/mol. The predicted molar refractivity (Wildman–Crippen MR) is 112 cm³/mol. The van der Waals surface area contributed by atoms with E-state index in [9.17, 15) is 4.79 Å². The highest BCUT2D eigenvalue weighted by Gasteiger charge is 2.64. The predicted octanol–water partition coefficient (Wildman–Crippen LogP) is 4.64. The van der Waals surface area contributed by atoms with Crippen LogP contribution in [0, 0.1) is 29.6 Å². The maximum atomic E-state index is 11.8. The average molecular weight is 405 g/mol. The molecule has 1 saturated heterocycles. The fraction of sp³-hybridized carbons (Fsp3) is 0.708. The van der Waals surface area contributed by atoms with Crippen LogP contribution in [0.5, 0.6) is 0 Å². The lowest BCUT2D eigenvalue weighted by molar-refractivity contribution is -0.352. The van der Waals surface area contributed by atoms with E-state index in [1.807, 2.05) is 6.08 Å². The molecule has 0 N–H and O–H groups in total. The Morgan fingerprint density at radius 2 is 1.90 bits per heavy atom. The molecule has 0 bridgehead atoms. The van der Waals surface area contributed by atoms with Gasteiger partial charge in [-0.2, -0.15) is 0 Å². The Kier molecular flexibility index (Phi) is 6.71. The number of rotatable bonds is 6. The van der Waals surface area contributed by atoms with Crippen molar-refractivity contribution >= 4 is 5.97 Å². The van der Waals surface area contributed by atoms with E-state index in [2.05, 4.69) is 45.9 Å². The van der Waals surface area contributed by atoms with E-state index in [4.69, 9.17) is 18.9 Å². The Balaban J connectivity index is 2.01. The Bertz CT molecular complexity index is 704. The molecule has 0 radical (unpaired) electrons. The van der Waals surface area contributed by atoms with Crippen LogP contribution in [-0.2, 0) is 23.7 Å². The number of hydrogen-bond acceptors (Lipinski definition) is 5. The van der Waals surface area contributed by atoms with Crippen molar-refractivity contribution in [1.82, 2.24) is 0 Å². The fourth-order valence-electron chi connectivity index (χ4n) is 5.73. The van der Waals surface area contributed by atoms with Crippen LogP contribution in [0.25, 0.3) is 0 Å². The van der Waals surface area contributed by atoms with Gasteiger partial charge in [-0.15, -0.1) is 0 Å². The van der Waals surface area contributed by atoms with E-state index in [0.717, 1.165) is 12.8 Å². The molecule has 2 aliphatic carbocycles. The topological polar surface area (TPSA) is 54.0 Å². The third-order valence-electron chi connectivity index (χ3n) is 6.94. The first-order valence-electron chi connectivity index (χ1n) is 10.7. The van der Waals surface area contributed by atoms with Gasteiger partial charge in [0, 0.05) is 27.1 Å². The Hall–Kier alpha value is -1.43. The minimum Gasteiger partial charge on any atom is -0.462 e. The lowest BCUT2D eigenvalue weighted by atomic mass is 9.68. The summed E-state index contributed by atoms with van der Waals surface area (Å²) in [6.07, 6.45) is 9.78. The van der Waals surface area contributed by atoms with Gasteiger partial charge in [-0.05, 0) is 57.4 Å². The summed E-state index contributed by atoms with van der Waals surface area (Å²) in [5.41, 5.74) is 2.65. The van der Waals surface area contributed by atoms with Gasteiger partial charge in [0.25, 0.3) is 0 Å². The van der Waals surface area contributed by atoms with E-state index in [0.29, 0.717) is 11.8 Å². The molecule has 162 valence electrons. The highest BCUT2D eigenvalue weighted by molar-refractivity contribution is 5.66. The molecule has 0 amide bonds. The molecule has 8 atom stereocenters. The number of ether oxygens (including phenoxy) is 4. The summed E-state index contributed by atoms with van der Waals surface area (Å²) in [7, 11) is 3.36. The van der Waals surface area contributed by atoms with Crippen molar-refractivity contribution in [2.45, 2.75) is 65.6 Å². The Morgan fingerprint density at radius 3 is 2.48 bits per heavy atom. The highest BCUT2D eigenvalue weighted by Crippen LogP contribution is 2.59. The second-order valence-electron chi connectivity index (χ2n) is 9.00. The zero-order chi connectivity index (χ0) is 21.3. The van der Waals surface area contributed by atoms with Crippen LogP contribution in [-0.4, -0.2) is 38.4 Å². The molecular weight excluding hydrogens is 368 g/mol. The number of carbonyl (C=O) groups is 1. The van der Waals surface area contributed by atoms with Crippen molar-refractivity contribution in [3.63, 3.8) is 0 Å². The van der Waals surface area contributed by atoms with Crippen molar-refractivity contribution in [2.75, 3.05) is 14.2 Å². The largest absolute Gasteiger partial charge is 0.462 e. The lowest BCUT2D eigenvalue weighted by Crippen LogP contribution is -2.58. The van der Waals surface area contributed by atoms with Gasteiger partial charge >= 0.3 is 5.97 Å². The third kappa shape index (κ3) is 4.10. The quantitative estimate of drug-likeness (QED) is 0.477. The highest BCUT2D eigenvalue weighted by atomic mass is 16.8. The first kappa shape index (κ1) is 22.3. The summed E-state index contributed by atoms with van der Waals surface area (Å²) in [5, 5.41) is 0. The van der Waals surface area contributed by atoms with Crippen LogP contribution >= 0.6 is 0 Å². The summed E-state index contributed by atoms with van der Waals surface area (Å²) in [4.78, 5) is 11.8. The molecule has 29 heavy (non-hydrogen) atoms. The van der Waals surface area contributed by atoms with Crippen LogP contribution in [0.3, 0.4) is 0 Å². The SMILES string of the molecule is CO[C@@H]1O[C@@]2(OC)C=C[C@@H](C)[C@H]2[C@H]2[C@H]1[C@H](OC(C)=O)C[C@H]2/C(C)=C\CC=C(C)C. The van der Waals surface area contributed by atoms with E-state index in [1.165, 1.54) is 18.1 Å². The van der Waals surface area contributed by atoms with E-state index < -0.39 is 12.1 Å². The molecule has 1 saturated carbocycles. The van der Waals surface area contributed by atoms with Gasteiger partial charge in [0.2, 0.25) is 0 Å².